The molecule has 180 valence electrons. The Morgan fingerprint density at radius 3 is 2.26 bits per heavy atom. The SMILES string of the molecule is COc1ccc(-c2ncc3c(SCC(=O)Nc4cc(OC)c(OC)c(OC)c4)ncnc3n2)cc1. The number of aromatic nitrogens is 4. The van der Waals surface area contributed by atoms with Crippen LogP contribution in [0.4, 0.5) is 5.69 Å². The molecule has 10 nitrogen and oxygen atoms in total. The number of ether oxygens (including phenoxy) is 4. The zero-order valence-corrected chi connectivity index (χ0v) is 20.4. The van der Waals surface area contributed by atoms with Crippen LogP contribution in [-0.4, -0.2) is 60.0 Å². The summed E-state index contributed by atoms with van der Waals surface area (Å²) >= 11 is 1.26. The van der Waals surface area contributed by atoms with E-state index in [9.17, 15) is 4.79 Å². The number of methoxy groups -OCH3 is 4. The van der Waals surface area contributed by atoms with Crippen LogP contribution in [0, 0.1) is 0 Å². The van der Waals surface area contributed by atoms with Crippen LogP contribution in [0.5, 0.6) is 23.0 Å². The molecule has 0 saturated heterocycles. The van der Waals surface area contributed by atoms with Crippen molar-refractivity contribution in [3.8, 4) is 34.4 Å². The summed E-state index contributed by atoms with van der Waals surface area (Å²) in [6, 6.07) is 10.8. The zero-order valence-electron chi connectivity index (χ0n) is 19.6. The van der Waals surface area contributed by atoms with E-state index in [0.717, 1.165) is 11.3 Å². The van der Waals surface area contributed by atoms with E-state index in [1.807, 2.05) is 24.3 Å². The first-order chi connectivity index (χ1) is 17.1. The quantitative estimate of drug-likeness (QED) is 0.272. The van der Waals surface area contributed by atoms with Crippen LogP contribution in [-0.2, 0) is 4.79 Å². The fourth-order valence-electron chi connectivity index (χ4n) is 3.31. The van der Waals surface area contributed by atoms with Crippen molar-refractivity contribution in [2.45, 2.75) is 5.03 Å². The Kier molecular flexibility index (Phi) is 7.46. The third-order valence-electron chi connectivity index (χ3n) is 4.99. The maximum atomic E-state index is 12.6. The molecule has 1 N–H and O–H groups in total. The predicted octanol–water partition coefficient (Wildman–Crippen LogP) is 3.85. The van der Waals surface area contributed by atoms with E-state index in [0.29, 0.717) is 44.8 Å². The molecule has 0 aliphatic rings. The number of nitrogens with zero attached hydrogens (tertiary/aromatic N) is 4. The molecule has 2 aromatic heterocycles. The monoisotopic (exact) mass is 493 g/mol. The summed E-state index contributed by atoms with van der Waals surface area (Å²) in [5, 5.41) is 4.11. The van der Waals surface area contributed by atoms with Gasteiger partial charge in [-0.05, 0) is 24.3 Å². The topological polar surface area (TPSA) is 118 Å². The Morgan fingerprint density at radius 2 is 1.63 bits per heavy atom. The highest BCUT2D eigenvalue weighted by Gasteiger charge is 2.16. The van der Waals surface area contributed by atoms with Gasteiger partial charge in [-0.3, -0.25) is 4.79 Å². The largest absolute Gasteiger partial charge is 0.497 e. The molecule has 0 spiro atoms. The number of carbonyl (C=O) groups excluding carboxylic acids is 1. The second-order valence-corrected chi connectivity index (χ2v) is 8.05. The number of thioether (sulfide) groups is 1. The number of benzene rings is 2. The van der Waals surface area contributed by atoms with Crippen molar-refractivity contribution in [3.63, 3.8) is 0 Å². The number of hydrogen-bond acceptors (Lipinski definition) is 10. The van der Waals surface area contributed by atoms with Crippen molar-refractivity contribution in [2.24, 2.45) is 0 Å². The van der Waals surface area contributed by atoms with Crippen molar-refractivity contribution >= 4 is 34.4 Å². The van der Waals surface area contributed by atoms with E-state index in [1.54, 1.807) is 25.4 Å². The second kappa shape index (κ2) is 10.9. The lowest BCUT2D eigenvalue weighted by Crippen LogP contribution is -2.14. The average molecular weight is 494 g/mol. The first-order valence-corrected chi connectivity index (χ1v) is 11.4. The Labute approximate surface area is 206 Å². The zero-order chi connectivity index (χ0) is 24.8. The van der Waals surface area contributed by atoms with E-state index < -0.39 is 0 Å². The lowest BCUT2D eigenvalue weighted by atomic mass is 10.2. The summed E-state index contributed by atoms with van der Waals surface area (Å²) in [6.45, 7) is 0. The van der Waals surface area contributed by atoms with Gasteiger partial charge in [-0.1, -0.05) is 11.8 Å². The van der Waals surface area contributed by atoms with Crippen LogP contribution in [0.2, 0.25) is 0 Å². The predicted molar refractivity (Wildman–Crippen MR) is 133 cm³/mol. The maximum absolute atomic E-state index is 12.6. The molecule has 2 heterocycles. The van der Waals surface area contributed by atoms with E-state index in [2.05, 4.69) is 25.3 Å². The standard InChI is InChI=1S/C24H23N5O5S/c1-31-16-7-5-14(6-8-16)22-25-11-17-23(29-22)26-13-27-24(17)35-12-20(30)28-15-9-18(32-2)21(34-4)19(10-15)33-3/h5-11,13H,12H2,1-4H3,(H,28,30). The highest BCUT2D eigenvalue weighted by Crippen LogP contribution is 2.40. The summed E-state index contributed by atoms with van der Waals surface area (Å²) in [7, 11) is 6.16. The Morgan fingerprint density at radius 1 is 0.914 bits per heavy atom. The molecule has 0 radical (unpaired) electrons. The molecule has 0 aliphatic heterocycles. The fraction of sp³-hybridized carbons (Fsp3) is 0.208. The molecule has 2 aromatic carbocycles. The van der Waals surface area contributed by atoms with Gasteiger partial charge in [0.2, 0.25) is 11.7 Å². The molecule has 0 atom stereocenters. The minimum absolute atomic E-state index is 0.114. The van der Waals surface area contributed by atoms with Gasteiger partial charge in [0, 0.05) is 29.6 Å². The van der Waals surface area contributed by atoms with Gasteiger partial charge in [-0.2, -0.15) is 0 Å². The van der Waals surface area contributed by atoms with Crippen molar-refractivity contribution in [1.82, 2.24) is 19.9 Å². The van der Waals surface area contributed by atoms with Gasteiger partial charge in [0.25, 0.3) is 0 Å². The lowest BCUT2D eigenvalue weighted by Gasteiger charge is -2.14. The van der Waals surface area contributed by atoms with Crippen molar-refractivity contribution in [1.29, 1.82) is 0 Å². The van der Waals surface area contributed by atoms with Gasteiger partial charge < -0.3 is 24.3 Å². The Balaban J connectivity index is 1.48. The van der Waals surface area contributed by atoms with Crippen molar-refractivity contribution in [3.05, 3.63) is 48.9 Å². The maximum Gasteiger partial charge on any atom is 0.234 e. The third kappa shape index (κ3) is 5.35. The van der Waals surface area contributed by atoms with E-state index in [1.165, 1.54) is 39.4 Å². The van der Waals surface area contributed by atoms with Gasteiger partial charge in [-0.25, -0.2) is 19.9 Å². The molecule has 35 heavy (non-hydrogen) atoms. The second-order valence-electron chi connectivity index (χ2n) is 7.09. The third-order valence-corrected chi connectivity index (χ3v) is 6.00. The van der Waals surface area contributed by atoms with Crippen LogP contribution in [0.15, 0.2) is 53.9 Å². The molecule has 1 amide bonds. The minimum Gasteiger partial charge on any atom is -0.497 e. The fourth-order valence-corrected chi connectivity index (χ4v) is 4.07. The molecule has 0 unspecified atom stereocenters. The van der Waals surface area contributed by atoms with Crippen LogP contribution in [0.1, 0.15) is 0 Å². The minimum atomic E-state index is -0.230. The van der Waals surface area contributed by atoms with Crippen LogP contribution in [0.25, 0.3) is 22.4 Å². The van der Waals surface area contributed by atoms with Gasteiger partial charge >= 0.3 is 0 Å². The highest BCUT2D eigenvalue weighted by molar-refractivity contribution is 8.00. The number of anilines is 1. The molecule has 4 rings (SSSR count). The molecule has 0 fully saturated rings. The van der Waals surface area contributed by atoms with Gasteiger partial charge in [-0.15, -0.1) is 0 Å². The van der Waals surface area contributed by atoms with Crippen LogP contribution < -0.4 is 24.3 Å². The molecule has 0 saturated carbocycles. The molecular formula is C24H23N5O5S. The summed E-state index contributed by atoms with van der Waals surface area (Å²) in [4.78, 5) is 30.2. The molecular weight excluding hydrogens is 470 g/mol. The Bertz CT molecular complexity index is 1330. The number of hydrogen-bond donors (Lipinski definition) is 1. The molecule has 0 bridgehead atoms. The van der Waals surface area contributed by atoms with Gasteiger partial charge in [0.15, 0.2) is 23.0 Å². The summed E-state index contributed by atoms with van der Waals surface area (Å²) in [6.07, 6.45) is 3.09. The Hall–Kier alpha value is -4.12. The number of fused-ring (bicyclic) bond motifs is 1. The highest BCUT2D eigenvalue weighted by atomic mass is 32.2. The lowest BCUT2D eigenvalue weighted by molar-refractivity contribution is -0.113. The van der Waals surface area contributed by atoms with Gasteiger partial charge in [0.1, 0.15) is 17.1 Å². The van der Waals surface area contributed by atoms with Crippen molar-refractivity contribution < 1.29 is 23.7 Å². The number of rotatable bonds is 9. The van der Waals surface area contributed by atoms with E-state index >= 15 is 0 Å². The van der Waals surface area contributed by atoms with E-state index in [4.69, 9.17) is 18.9 Å². The number of amides is 1. The molecule has 4 aromatic rings. The van der Waals surface area contributed by atoms with E-state index in [-0.39, 0.29) is 11.7 Å². The molecule has 0 aliphatic carbocycles. The first kappa shape index (κ1) is 24.0. The smallest absolute Gasteiger partial charge is 0.234 e. The van der Waals surface area contributed by atoms with Crippen LogP contribution in [0.3, 0.4) is 0 Å². The summed E-state index contributed by atoms with van der Waals surface area (Å²) in [5.41, 5.74) is 1.85. The average Bonchev–Trinajstić information content (AvgIpc) is 2.90. The van der Waals surface area contributed by atoms with Crippen LogP contribution >= 0.6 is 11.8 Å². The van der Waals surface area contributed by atoms with Gasteiger partial charge in [0.05, 0.1) is 39.6 Å². The normalized spacial score (nSPS) is 10.6. The number of carbonyl (C=O) groups is 1. The number of nitrogens with one attached hydrogen (secondary N) is 1. The first-order valence-electron chi connectivity index (χ1n) is 10.4. The molecule has 11 heteroatoms. The van der Waals surface area contributed by atoms with Crippen molar-refractivity contribution in [2.75, 3.05) is 39.5 Å². The summed E-state index contributed by atoms with van der Waals surface area (Å²) in [5.74, 6) is 2.51. The summed E-state index contributed by atoms with van der Waals surface area (Å²) < 4.78 is 21.2.